The lowest BCUT2D eigenvalue weighted by Crippen LogP contribution is -2.30. The van der Waals surface area contributed by atoms with Crippen LogP contribution in [-0.2, 0) is 6.42 Å². The molecule has 1 atom stereocenters. The van der Waals surface area contributed by atoms with Gasteiger partial charge in [0.2, 0.25) is 5.16 Å². The van der Waals surface area contributed by atoms with Crippen LogP contribution in [0.3, 0.4) is 0 Å². The first kappa shape index (κ1) is 13.1. The van der Waals surface area contributed by atoms with Crippen molar-refractivity contribution >= 4 is 23.5 Å². The smallest absolute Gasteiger partial charge is 0.216 e. The molecule has 0 aliphatic carbocycles. The first-order chi connectivity index (χ1) is 10.3. The van der Waals surface area contributed by atoms with Gasteiger partial charge in [-0.25, -0.2) is 4.68 Å². The minimum absolute atomic E-state index is 0.118. The molecule has 2 aromatic rings. The van der Waals surface area contributed by atoms with Crippen LogP contribution in [0.2, 0.25) is 0 Å². The van der Waals surface area contributed by atoms with Gasteiger partial charge in [0.1, 0.15) is 16.2 Å². The average Bonchev–Trinajstić information content (AvgIpc) is 3.11. The number of aromatic nitrogens is 3. The molecule has 5 nitrogen and oxygen atoms in total. The van der Waals surface area contributed by atoms with Crippen molar-refractivity contribution in [3.8, 4) is 5.75 Å². The summed E-state index contributed by atoms with van der Waals surface area (Å²) in [6, 6.07) is 7.44. The van der Waals surface area contributed by atoms with Gasteiger partial charge in [0.25, 0.3) is 0 Å². The number of benzene rings is 1. The van der Waals surface area contributed by atoms with Crippen molar-refractivity contribution in [3.63, 3.8) is 0 Å². The fraction of sp³-hybridized carbons (Fsp3) is 0.286. The van der Waals surface area contributed by atoms with Crippen molar-refractivity contribution in [2.75, 3.05) is 5.01 Å². The van der Waals surface area contributed by atoms with E-state index in [2.05, 4.69) is 32.2 Å². The van der Waals surface area contributed by atoms with E-state index in [1.165, 1.54) is 5.03 Å². The van der Waals surface area contributed by atoms with E-state index in [9.17, 15) is 5.11 Å². The highest BCUT2D eigenvalue weighted by molar-refractivity contribution is 8.07. The third-order valence-electron chi connectivity index (χ3n) is 3.46. The molecule has 1 aromatic heterocycles. The zero-order chi connectivity index (χ0) is 14.4. The van der Waals surface area contributed by atoms with Crippen molar-refractivity contribution in [2.45, 2.75) is 30.3 Å². The number of phenols is 1. The maximum atomic E-state index is 9.73. The molecule has 0 amide bonds. The molecule has 3 heterocycles. The zero-order valence-electron chi connectivity index (χ0n) is 11.4. The highest BCUT2D eigenvalue weighted by atomic mass is 32.2. The number of hydrogen-bond donors (Lipinski definition) is 1. The summed E-state index contributed by atoms with van der Waals surface area (Å²) in [6.45, 7) is 2.14. The summed E-state index contributed by atoms with van der Waals surface area (Å²) in [5, 5.41) is 24.9. The van der Waals surface area contributed by atoms with Gasteiger partial charge >= 0.3 is 0 Å². The monoisotopic (exact) mass is 318 g/mol. The molecular weight excluding hydrogens is 304 g/mol. The molecule has 7 heteroatoms. The van der Waals surface area contributed by atoms with Crippen LogP contribution in [0, 0.1) is 0 Å². The highest BCUT2D eigenvalue weighted by Gasteiger charge is 2.39. The van der Waals surface area contributed by atoms with Crippen molar-refractivity contribution in [2.24, 2.45) is 0 Å². The third kappa shape index (κ3) is 2.03. The molecule has 0 radical (unpaired) electrons. The summed E-state index contributed by atoms with van der Waals surface area (Å²) in [7, 11) is 0. The summed E-state index contributed by atoms with van der Waals surface area (Å²) >= 11 is 3.39. The minimum atomic E-state index is 0.118. The molecule has 4 rings (SSSR count). The van der Waals surface area contributed by atoms with Gasteiger partial charge in [-0.2, -0.15) is 0 Å². The fourth-order valence-electron chi connectivity index (χ4n) is 2.57. The van der Waals surface area contributed by atoms with E-state index in [1.54, 1.807) is 29.6 Å². The molecule has 0 bridgehead atoms. The predicted octanol–water partition coefficient (Wildman–Crippen LogP) is 3.22. The second kappa shape index (κ2) is 4.99. The van der Waals surface area contributed by atoms with Crippen LogP contribution in [0.15, 0.2) is 39.9 Å². The second-order valence-electron chi connectivity index (χ2n) is 4.95. The first-order valence-electron chi connectivity index (χ1n) is 6.84. The van der Waals surface area contributed by atoms with Crippen LogP contribution in [0.5, 0.6) is 5.75 Å². The quantitative estimate of drug-likeness (QED) is 0.938. The highest BCUT2D eigenvalue weighted by Crippen LogP contribution is 2.51. The standard InChI is InChI=1S/C14H14N4OS2/c1-2-4-11-15-16-14-17(11)18-12(21-14)8-20-13(18)9-5-3-6-10(19)7-9/h3,5-8,13,19H,2,4H2,1H3. The lowest BCUT2D eigenvalue weighted by Gasteiger charge is -2.25. The molecule has 0 spiro atoms. The normalized spacial score (nSPS) is 19.6. The summed E-state index contributed by atoms with van der Waals surface area (Å²) in [4.78, 5) is 0. The van der Waals surface area contributed by atoms with Crippen molar-refractivity contribution in [1.82, 2.24) is 14.9 Å². The van der Waals surface area contributed by atoms with E-state index in [4.69, 9.17) is 0 Å². The van der Waals surface area contributed by atoms with E-state index in [0.717, 1.165) is 29.4 Å². The Labute approximate surface area is 131 Å². The van der Waals surface area contributed by atoms with Gasteiger partial charge in [-0.1, -0.05) is 30.8 Å². The van der Waals surface area contributed by atoms with E-state index >= 15 is 0 Å². The Morgan fingerprint density at radius 1 is 1.33 bits per heavy atom. The summed E-state index contributed by atoms with van der Waals surface area (Å²) < 4.78 is 2.12. The maximum absolute atomic E-state index is 9.73. The van der Waals surface area contributed by atoms with Crippen LogP contribution in [0.1, 0.15) is 30.1 Å². The molecule has 1 aromatic carbocycles. The summed E-state index contributed by atoms with van der Waals surface area (Å²) in [5.41, 5.74) is 1.08. The van der Waals surface area contributed by atoms with E-state index in [-0.39, 0.29) is 5.37 Å². The van der Waals surface area contributed by atoms with Crippen LogP contribution in [-0.4, -0.2) is 20.0 Å². The SMILES string of the molecule is CCCc1nnc2n1N1C(=CSC1c1cccc(O)c1)S2. The number of hydrogen-bond acceptors (Lipinski definition) is 6. The Balaban J connectivity index is 1.75. The average molecular weight is 318 g/mol. The fourth-order valence-corrected chi connectivity index (χ4v) is 4.81. The Hall–Kier alpha value is -1.60. The van der Waals surface area contributed by atoms with Crippen LogP contribution < -0.4 is 5.01 Å². The van der Waals surface area contributed by atoms with Crippen molar-refractivity contribution in [1.29, 1.82) is 0 Å². The molecule has 21 heavy (non-hydrogen) atoms. The number of aryl methyl sites for hydroxylation is 1. The molecule has 1 unspecified atom stereocenters. The summed E-state index contributed by atoms with van der Waals surface area (Å²) in [6.07, 6.45) is 1.95. The Morgan fingerprint density at radius 2 is 2.24 bits per heavy atom. The zero-order valence-corrected chi connectivity index (χ0v) is 13.1. The van der Waals surface area contributed by atoms with Crippen molar-refractivity contribution < 1.29 is 5.11 Å². The molecule has 0 saturated carbocycles. The van der Waals surface area contributed by atoms with E-state index in [1.807, 2.05) is 18.2 Å². The third-order valence-corrected chi connectivity index (χ3v) is 5.65. The number of aromatic hydroxyl groups is 1. The van der Waals surface area contributed by atoms with Crippen LogP contribution in [0.25, 0.3) is 0 Å². The van der Waals surface area contributed by atoms with E-state index in [0.29, 0.717) is 5.75 Å². The molecule has 1 N–H and O–H groups in total. The van der Waals surface area contributed by atoms with Crippen LogP contribution >= 0.6 is 23.5 Å². The molecular formula is C14H14N4OS2. The summed E-state index contributed by atoms with van der Waals surface area (Å²) in [5.74, 6) is 1.29. The second-order valence-corrected chi connectivity index (χ2v) is 6.89. The van der Waals surface area contributed by atoms with Crippen LogP contribution in [0.4, 0.5) is 0 Å². The van der Waals surface area contributed by atoms with Crippen molar-refractivity contribution in [3.05, 3.63) is 46.1 Å². The molecule has 2 aliphatic heterocycles. The number of nitrogens with zero attached hydrogens (tertiary/aromatic N) is 4. The minimum Gasteiger partial charge on any atom is -0.508 e. The topological polar surface area (TPSA) is 54.2 Å². The number of phenolic OH excluding ortho intramolecular Hbond substituents is 1. The largest absolute Gasteiger partial charge is 0.508 e. The molecule has 0 saturated heterocycles. The van der Waals surface area contributed by atoms with Gasteiger partial charge in [0.05, 0.1) is 0 Å². The van der Waals surface area contributed by atoms with Gasteiger partial charge in [-0.05, 0) is 35.9 Å². The van der Waals surface area contributed by atoms with Gasteiger partial charge in [-0.3, -0.25) is 5.01 Å². The lowest BCUT2D eigenvalue weighted by molar-refractivity contribution is 0.474. The Kier molecular flexibility index (Phi) is 3.11. The maximum Gasteiger partial charge on any atom is 0.216 e. The molecule has 108 valence electrons. The first-order valence-corrected chi connectivity index (χ1v) is 8.60. The number of fused-ring (bicyclic) bond motifs is 3. The molecule has 2 aliphatic rings. The Bertz CT molecular complexity index is 728. The molecule has 0 fully saturated rings. The Morgan fingerprint density at radius 3 is 3.05 bits per heavy atom. The van der Waals surface area contributed by atoms with Gasteiger partial charge in [-0.15, -0.1) is 10.2 Å². The van der Waals surface area contributed by atoms with E-state index < -0.39 is 0 Å². The van der Waals surface area contributed by atoms with Gasteiger partial charge < -0.3 is 5.11 Å². The van der Waals surface area contributed by atoms with Gasteiger partial charge in [0.15, 0.2) is 5.82 Å². The number of thioether (sulfide) groups is 2. The predicted molar refractivity (Wildman–Crippen MR) is 84.6 cm³/mol. The number of rotatable bonds is 3. The lowest BCUT2D eigenvalue weighted by atomic mass is 10.2. The van der Waals surface area contributed by atoms with Gasteiger partial charge in [0, 0.05) is 11.8 Å².